The zero-order valence-electron chi connectivity index (χ0n) is 14.1. The molecule has 0 bridgehead atoms. The first-order chi connectivity index (χ1) is 10.9. The summed E-state index contributed by atoms with van der Waals surface area (Å²) in [5.41, 5.74) is 0.956. The molecule has 1 aliphatic rings. The molecule has 0 aromatic heterocycles. The molecular weight excluding hydrogens is 312 g/mol. The van der Waals surface area contributed by atoms with Gasteiger partial charge in [0.15, 0.2) is 0 Å². The van der Waals surface area contributed by atoms with E-state index in [1.807, 2.05) is 50.1 Å². The number of piperidine rings is 1. The van der Waals surface area contributed by atoms with Crippen molar-refractivity contribution in [2.75, 3.05) is 20.1 Å². The summed E-state index contributed by atoms with van der Waals surface area (Å²) in [5.74, 6) is 0.339. The Balaban J connectivity index is 1.89. The van der Waals surface area contributed by atoms with Crippen LogP contribution in [-0.2, 0) is 16.1 Å². The molecule has 0 N–H and O–H groups in total. The van der Waals surface area contributed by atoms with Crippen LogP contribution < -0.4 is 0 Å². The fourth-order valence-electron chi connectivity index (χ4n) is 2.98. The number of carbonyl (C=O) groups excluding carboxylic acids is 2. The van der Waals surface area contributed by atoms with Crippen LogP contribution >= 0.6 is 11.6 Å². The standard InChI is InChI=1S/C18H25ClN2O2/c1-13(2)17(22)21-10-8-14(9-11-21)18(23)20(3)12-15-6-4-5-7-16(15)19/h4-7,13-14H,8-12H2,1-3H3. The number of rotatable bonds is 4. The van der Waals surface area contributed by atoms with E-state index in [2.05, 4.69) is 0 Å². The molecule has 2 rings (SSSR count). The van der Waals surface area contributed by atoms with Gasteiger partial charge in [-0.15, -0.1) is 0 Å². The average molecular weight is 337 g/mol. The quantitative estimate of drug-likeness (QED) is 0.847. The van der Waals surface area contributed by atoms with E-state index in [4.69, 9.17) is 11.6 Å². The summed E-state index contributed by atoms with van der Waals surface area (Å²) in [6.45, 7) is 5.69. The van der Waals surface area contributed by atoms with Crippen LogP contribution in [0, 0.1) is 11.8 Å². The lowest BCUT2D eigenvalue weighted by atomic mass is 9.94. The summed E-state index contributed by atoms with van der Waals surface area (Å²) in [6.07, 6.45) is 1.48. The van der Waals surface area contributed by atoms with Crippen LogP contribution in [-0.4, -0.2) is 41.8 Å². The molecule has 1 heterocycles. The Hall–Kier alpha value is -1.55. The van der Waals surface area contributed by atoms with Gasteiger partial charge in [0.1, 0.15) is 0 Å². The third kappa shape index (κ3) is 4.47. The number of nitrogens with zero attached hydrogens (tertiary/aromatic N) is 2. The van der Waals surface area contributed by atoms with Crippen LogP contribution in [0.25, 0.3) is 0 Å². The van der Waals surface area contributed by atoms with Crippen LogP contribution in [0.15, 0.2) is 24.3 Å². The van der Waals surface area contributed by atoms with Crippen molar-refractivity contribution < 1.29 is 9.59 Å². The van der Waals surface area contributed by atoms with Gasteiger partial charge in [0.2, 0.25) is 11.8 Å². The van der Waals surface area contributed by atoms with Crippen molar-refractivity contribution in [3.63, 3.8) is 0 Å². The maximum absolute atomic E-state index is 12.6. The number of halogens is 1. The molecule has 23 heavy (non-hydrogen) atoms. The molecule has 0 unspecified atom stereocenters. The molecule has 0 saturated carbocycles. The average Bonchev–Trinajstić information content (AvgIpc) is 2.55. The predicted octanol–water partition coefficient (Wildman–Crippen LogP) is 3.19. The first-order valence-electron chi connectivity index (χ1n) is 8.17. The molecular formula is C18H25ClN2O2. The Labute approximate surface area is 143 Å². The van der Waals surface area contributed by atoms with Gasteiger partial charge >= 0.3 is 0 Å². The van der Waals surface area contributed by atoms with Gasteiger partial charge in [-0.1, -0.05) is 43.6 Å². The van der Waals surface area contributed by atoms with E-state index < -0.39 is 0 Å². The zero-order chi connectivity index (χ0) is 17.0. The third-order valence-corrected chi connectivity index (χ3v) is 4.76. The van der Waals surface area contributed by atoms with Crippen molar-refractivity contribution in [3.8, 4) is 0 Å². The van der Waals surface area contributed by atoms with Gasteiger partial charge in [0.05, 0.1) is 0 Å². The summed E-state index contributed by atoms with van der Waals surface area (Å²) >= 11 is 6.16. The maximum atomic E-state index is 12.6. The van der Waals surface area contributed by atoms with E-state index >= 15 is 0 Å². The number of hydrogen-bond donors (Lipinski definition) is 0. The number of likely N-dealkylation sites (tertiary alicyclic amines) is 1. The van der Waals surface area contributed by atoms with Crippen LogP contribution in [0.4, 0.5) is 0 Å². The van der Waals surface area contributed by atoms with E-state index in [0.29, 0.717) is 24.7 Å². The minimum absolute atomic E-state index is 0.00120. The Morgan fingerprint density at radius 3 is 2.43 bits per heavy atom. The van der Waals surface area contributed by atoms with Crippen molar-refractivity contribution in [2.45, 2.75) is 33.2 Å². The van der Waals surface area contributed by atoms with Gasteiger partial charge in [0, 0.05) is 43.5 Å². The van der Waals surface area contributed by atoms with Gasteiger partial charge in [-0.25, -0.2) is 0 Å². The molecule has 4 nitrogen and oxygen atoms in total. The largest absolute Gasteiger partial charge is 0.342 e. The molecule has 1 fully saturated rings. The summed E-state index contributed by atoms with van der Waals surface area (Å²) in [6, 6.07) is 7.59. The molecule has 2 amide bonds. The number of amides is 2. The highest BCUT2D eigenvalue weighted by Gasteiger charge is 2.29. The summed E-state index contributed by atoms with van der Waals surface area (Å²) in [5, 5.41) is 0.685. The van der Waals surface area contributed by atoms with Crippen LogP contribution in [0.3, 0.4) is 0 Å². The number of hydrogen-bond acceptors (Lipinski definition) is 2. The maximum Gasteiger partial charge on any atom is 0.225 e. The lowest BCUT2D eigenvalue weighted by Gasteiger charge is -2.34. The van der Waals surface area contributed by atoms with Crippen molar-refractivity contribution in [1.29, 1.82) is 0 Å². The highest BCUT2D eigenvalue weighted by Crippen LogP contribution is 2.23. The Morgan fingerprint density at radius 2 is 1.87 bits per heavy atom. The van der Waals surface area contributed by atoms with Gasteiger partial charge in [0.25, 0.3) is 0 Å². The van der Waals surface area contributed by atoms with Crippen molar-refractivity contribution in [1.82, 2.24) is 9.80 Å². The monoisotopic (exact) mass is 336 g/mol. The number of carbonyl (C=O) groups is 2. The second-order valence-electron chi connectivity index (χ2n) is 6.54. The highest BCUT2D eigenvalue weighted by molar-refractivity contribution is 6.31. The molecule has 0 radical (unpaired) electrons. The normalized spacial score (nSPS) is 15.8. The second kappa shape index (κ2) is 7.82. The predicted molar refractivity (Wildman–Crippen MR) is 92.1 cm³/mol. The summed E-state index contributed by atoms with van der Waals surface area (Å²) < 4.78 is 0. The molecule has 0 spiro atoms. The molecule has 5 heteroatoms. The van der Waals surface area contributed by atoms with Gasteiger partial charge in [-0.2, -0.15) is 0 Å². The first-order valence-corrected chi connectivity index (χ1v) is 8.55. The van der Waals surface area contributed by atoms with E-state index in [9.17, 15) is 9.59 Å². The van der Waals surface area contributed by atoms with Crippen LogP contribution in [0.2, 0.25) is 5.02 Å². The highest BCUT2D eigenvalue weighted by atomic mass is 35.5. The van der Waals surface area contributed by atoms with Crippen molar-refractivity contribution in [3.05, 3.63) is 34.9 Å². The molecule has 0 atom stereocenters. The first kappa shape index (κ1) is 17.8. The SMILES string of the molecule is CC(C)C(=O)N1CCC(C(=O)N(C)Cc2ccccc2Cl)CC1. The summed E-state index contributed by atoms with van der Waals surface area (Å²) in [7, 11) is 1.82. The van der Waals surface area contributed by atoms with E-state index in [1.54, 1.807) is 4.90 Å². The Kier molecular flexibility index (Phi) is 6.05. The number of benzene rings is 1. The molecule has 1 saturated heterocycles. The minimum atomic E-state index is -0.00120. The lowest BCUT2D eigenvalue weighted by Crippen LogP contribution is -2.44. The third-order valence-electron chi connectivity index (χ3n) is 4.39. The Bertz CT molecular complexity index is 566. The second-order valence-corrected chi connectivity index (χ2v) is 6.95. The van der Waals surface area contributed by atoms with Crippen LogP contribution in [0.5, 0.6) is 0 Å². The minimum Gasteiger partial charge on any atom is -0.342 e. The topological polar surface area (TPSA) is 40.6 Å². The Morgan fingerprint density at radius 1 is 1.26 bits per heavy atom. The molecule has 0 aliphatic carbocycles. The summed E-state index contributed by atoms with van der Waals surface area (Å²) in [4.78, 5) is 28.2. The molecule has 126 valence electrons. The molecule has 1 aromatic rings. The van der Waals surface area contributed by atoms with Crippen LogP contribution in [0.1, 0.15) is 32.3 Å². The van der Waals surface area contributed by atoms with Crippen molar-refractivity contribution in [2.24, 2.45) is 11.8 Å². The van der Waals surface area contributed by atoms with Gasteiger partial charge in [-0.05, 0) is 24.5 Å². The fourth-order valence-corrected chi connectivity index (χ4v) is 3.18. The van der Waals surface area contributed by atoms with E-state index in [-0.39, 0.29) is 23.7 Å². The van der Waals surface area contributed by atoms with E-state index in [1.165, 1.54) is 0 Å². The lowest BCUT2D eigenvalue weighted by molar-refractivity contribution is -0.141. The molecule has 1 aliphatic heterocycles. The molecule has 1 aromatic carbocycles. The van der Waals surface area contributed by atoms with Gasteiger partial charge in [-0.3, -0.25) is 9.59 Å². The zero-order valence-corrected chi connectivity index (χ0v) is 14.8. The van der Waals surface area contributed by atoms with Crippen molar-refractivity contribution >= 4 is 23.4 Å². The fraction of sp³-hybridized carbons (Fsp3) is 0.556. The smallest absolute Gasteiger partial charge is 0.225 e. The van der Waals surface area contributed by atoms with E-state index in [0.717, 1.165) is 18.4 Å². The van der Waals surface area contributed by atoms with Gasteiger partial charge < -0.3 is 9.80 Å².